The Morgan fingerprint density at radius 3 is 2.52 bits per heavy atom. The zero-order valence-corrected chi connectivity index (χ0v) is 16.6. The van der Waals surface area contributed by atoms with E-state index in [0.717, 1.165) is 4.47 Å². The SMILES string of the molecule is CN1c2ccccc2C2=C([C@H](c3ccc(Br)cc3)C(C#N)=C(N)O2)S1(=O)=O. The fraction of sp³-hybridized carbons (Fsp3) is 0.105. The summed E-state index contributed by atoms with van der Waals surface area (Å²) in [6.45, 7) is 0. The van der Waals surface area contributed by atoms with E-state index < -0.39 is 15.9 Å². The topological polar surface area (TPSA) is 96.4 Å². The first kappa shape index (κ1) is 17.6. The molecular weight excluding hydrogens is 430 g/mol. The van der Waals surface area contributed by atoms with Crippen LogP contribution < -0.4 is 10.0 Å². The maximum atomic E-state index is 13.3. The first-order valence-corrected chi connectivity index (χ1v) is 10.2. The Bertz CT molecular complexity index is 1160. The highest BCUT2D eigenvalue weighted by Crippen LogP contribution is 2.50. The zero-order chi connectivity index (χ0) is 19.3. The molecule has 6 nitrogen and oxygen atoms in total. The molecule has 0 bridgehead atoms. The molecule has 0 unspecified atom stereocenters. The van der Waals surface area contributed by atoms with E-state index >= 15 is 0 Å². The number of para-hydroxylation sites is 1. The van der Waals surface area contributed by atoms with Crippen molar-refractivity contribution >= 4 is 37.4 Å². The summed E-state index contributed by atoms with van der Waals surface area (Å²) in [6.07, 6.45) is 0. The Morgan fingerprint density at radius 1 is 1.19 bits per heavy atom. The second-order valence-electron chi connectivity index (χ2n) is 6.16. The number of halogens is 1. The molecule has 0 amide bonds. The number of nitrogens with zero attached hydrogens (tertiary/aromatic N) is 2. The summed E-state index contributed by atoms with van der Waals surface area (Å²) in [7, 11) is -2.42. The van der Waals surface area contributed by atoms with Gasteiger partial charge < -0.3 is 10.5 Å². The number of benzene rings is 2. The molecule has 27 heavy (non-hydrogen) atoms. The van der Waals surface area contributed by atoms with Crippen molar-refractivity contribution in [2.24, 2.45) is 5.73 Å². The normalized spacial score (nSPS) is 20.5. The number of ether oxygens (including phenoxy) is 1. The van der Waals surface area contributed by atoms with Crippen LogP contribution in [0.5, 0.6) is 0 Å². The molecule has 2 aliphatic rings. The Morgan fingerprint density at radius 2 is 1.85 bits per heavy atom. The third-order valence-corrected chi connectivity index (χ3v) is 7.13. The minimum atomic E-state index is -3.91. The third kappa shape index (κ3) is 2.54. The quantitative estimate of drug-likeness (QED) is 0.728. The molecule has 4 rings (SSSR count). The number of hydrogen-bond donors (Lipinski definition) is 1. The molecule has 0 spiro atoms. The molecule has 1 atom stereocenters. The average Bonchev–Trinajstić information content (AvgIpc) is 2.66. The molecule has 0 aliphatic carbocycles. The van der Waals surface area contributed by atoms with Gasteiger partial charge in [0.15, 0.2) is 5.76 Å². The Balaban J connectivity index is 2.07. The fourth-order valence-corrected chi connectivity index (χ4v) is 5.30. The molecule has 2 N–H and O–H groups in total. The summed E-state index contributed by atoms with van der Waals surface area (Å²) < 4.78 is 34.4. The number of nitriles is 1. The number of rotatable bonds is 1. The number of sulfonamides is 1. The molecule has 0 radical (unpaired) electrons. The van der Waals surface area contributed by atoms with Crippen LogP contribution in [0.4, 0.5) is 5.69 Å². The van der Waals surface area contributed by atoms with Crippen LogP contribution >= 0.6 is 15.9 Å². The van der Waals surface area contributed by atoms with Crippen molar-refractivity contribution in [2.75, 3.05) is 11.4 Å². The predicted molar refractivity (Wildman–Crippen MR) is 105 cm³/mol. The lowest BCUT2D eigenvalue weighted by Crippen LogP contribution is -2.37. The van der Waals surface area contributed by atoms with Crippen LogP contribution in [0.15, 0.2) is 69.4 Å². The van der Waals surface area contributed by atoms with Crippen molar-refractivity contribution in [1.29, 1.82) is 5.26 Å². The van der Waals surface area contributed by atoms with Crippen molar-refractivity contribution in [2.45, 2.75) is 5.92 Å². The first-order valence-electron chi connectivity index (χ1n) is 8.02. The molecule has 0 aromatic heterocycles. The lowest BCUT2D eigenvalue weighted by molar-refractivity contribution is 0.357. The van der Waals surface area contributed by atoms with E-state index in [9.17, 15) is 13.7 Å². The minimum absolute atomic E-state index is 0.0248. The van der Waals surface area contributed by atoms with Gasteiger partial charge in [0.2, 0.25) is 5.88 Å². The lowest BCUT2D eigenvalue weighted by Gasteiger charge is -2.36. The summed E-state index contributed by atoms with van der Waals surface area (Å²) in [5.74, 6) is -0.750. The number of allylic oxidation sites excluding steroid dienone is 2. The van der Waals surface area contributed by atoms with E-state index in [1.807, 2.05) is 6.07 Å². The molecule has 8 heteroatoms. The van der Waals surface area contributed by atoms with Gasteiger partial charge in [-0.1, -0.05) is 40.2 Å². The highest BCUT2D eigenvalue weighted by Gasteiger charge is 2.46. The molecule has 2 aliphatic heterocycles. The van der Waals surface area contributed by atoms with Gasteiger partial charge in [0.25, 0.3) is 10.0 Å². The van der Waals surface area contributed by atoms with Gasteiger partial charge in [-0.25, -0.2) is 8.42 Å². The van der Waals surface area contributed by atoms with Crippen molar-refractivity contribution in [1.82, 2.24) is 0 Å². The minimum Gasteiger partial charge on any atom is -0.439 e. The highest BCUT2D eigenvalue weighted by molar-refractivity contribution is 9.10. The van der Waals surface area contributed by atoms with Crippen LogP contribution in [0.1, 0.15) is 17.0 Å². The van der Waals surface area contributed by atoms with Crippen LogP contribution in [-0.4, -0.2) is 15.5 Å². The van der Waals surface area contributed by atoms with Crippen molar-refractivity contribution < 1.29 is 13.2 Å². The van der Waals surface area contributed by atoms with E-state index in [1.165, 1.54) is 11.4 Å². The Labute approximate surface area is 165 Å². The van der Waals surface area contributed by atoms with Crippen LogP contribution in [0.25, 0.3) is 5.76 Å². The molecule has 2 aromatic carbocycles. The molecule has 0 saturated carbocycles. The van der Waals surface area contributed by atoms with Gasteiger partial charge in [-0.3, -0.25) is 4.31 Å². The second kappa shape index (κ2) is 6.15. The van der Waals surface area contributed by atoms with E-state index in [-0.39, 0.29) is 22.1 Å². The summed E-state index contributed by atoms with van der Waals surface area (Å²) >= 11 is 3.37. The van der Waals surface area contributed by atoms with Crippen LogP contribution in [0, 0.1) is 11.3 Å². The maximum Gasteiger partial charge on any atom is 0.264 e. The van der Waals surface area contributed by atoms with Gasteiger partial charge in [-0.15, -0.1) is 0 Å². The van der Waals surface area contributed by atoms with Crippen LogP contribution in [0.3, 0.4) is 0 Å². The molecule has 2 heterocycles. The van der Waals surface area contributed by atoms with Gasteiger partial charge in [0.05, 0.1) is 11.6 Å². The Hall–Kier alpha value is -2.76. The van der Waals surface area contributed by atoms with Gasteiger partial charge in [0.1, 0.15) is 16.5 Å². The maximum absolute atomic E-state index is 13.3. The van der Waals surface area contributed by atoms with Crippen LogP contribution in [-0.2, 0) is 14.8 Å². The number of fused-ring (bicyclic) bond motifs is 2. The number of hydrogen-bond acceptors (Lipinski definition) is 5. The van der Waals surface area contributed by atoms with Gasteiger partial charge >= 0.3 is 0 Å². The molecule has 136 valence electrons. The van der Waals surface area contributed by atoms with E-state index in [0.29, 0.717) is 16.8 Å². The summed E-state index contributed by atoms with van der Waals surface area (Å²) in [4.78, 5) is 0.0248. The smallest absolute Gasteiger partial charge is 0.264 e. The molecular formula is C19H14BrN3O3S. The van der Waals surface area contributed by atoms with Gasteiger partial charge in [0, 0.05) is 17.1 Å². The largest absolute Gasteiger partial charge is 0.439 e. The van der Waals surface area contributed by atoms with Crippen molar-refractivity contribution in [3.05, 3.63) is 80.5 Å². The van der Waals surface area contributed by atoms with Gasteiger partial charge in [-0.05, 0) is 29.8 Å². The summed E-state index contributed by atoms with van der Waals surface area (Å²) in [5, 5.41) is 9.66. The van der Waals surface area contributed by atoms with E-state index in [4.69, 9.17) is 10.5 Å². The third-order valence-electron chi connectivity index (χ3n) is 4.70. The molecule has 0 saturated heterocycles. The monoisotopic (exact) mass is 443 g/mol. The molecule has 2 aromatic rings. The predicted octanol–water partition coefficient (Wildman–Crippen LogP) is 3.41. The Kier molecular flexibility index (Phi) is 4.02. The zero-order valence-electron chi connectivity index (χ0n) is 14.2. The standard InChI is InChI=1S/C19H14BrN3O3S/c1-23-15-5-3-2-4-13(15)17-18(27(23,24)25)16(14(10-21)19(22)26-17)11-6-8-12(20)9-7-11/h2-9,16H,22H2,1H3/t16-/m1/s1. The number of nitrogens with two attached hydrogens (primary N) is 1. The van der Waals surface area contributed by atoms with E-state index in [1.54, 1.807) is 48.5 Å². The molecule has 0 fully saturated rings. The van der Waals surface area contributed by atoms with Gasteiger partial charge in [-0.2, -0.15) is 5.26 Å². The van der Waals surface area contributed by atoms with Crippen molar-refractivity contribution in [3.63, 3.8) is 0 Å². The average molecular weight is 444 g/mol. The number of anilines is 1. The van der Waals surface area contributed by atoms with Crippen LogP contribution in [0.2, 0.25) is 0 Å². The second-order valence-corrected chi connectivity index (χ2v) is 9.01. The summed E-state index contributed by atoms with van der Waals surface area (Å²) in [6, 6.07) is 16.2. The lowest BCUT2D eigenvalue weighted by atomic mass is 9.88. The van der Waals surface area contributed by atoms with E-state index in [2.05, 4.69) is 15.9 Å². The fourth-order valence-electron chi connectivity index (χ4n) is 3.38. The van der Waals surface area contributed by atoms with Crippen molar-refractivity contribution in [3.8, 4) is 6.07 Å². The first-order chi connectivity index (χ1) is 12.9. The highest BCUT2D eigenvalue weighted by atomic mass is 79.9. The summed E-state index contributed by atoms with van der Waals surface area (Å²) in [5.41, 5.74) is 7.85.